The second kappa shape index (κ2) is 11.0. The molecule has 3 N–H and O–H groups in total. The Kier molecular flexibility index (Phi) is 8.38. The number of carbonyl (C=O) groups excluding carboxylic acids is 1. The number of allylic oxidation sites excluding steroid dienone is 1. The number of aliphatic hydroxyl groups excluding tert-OH is 1. The molecule has 3 aromatic carbocycles. The summed E-state index contributed by atoms with van der Waals surface area (Å²) in [5.41, 5.74) is 1.97. The summed E-state index contributed by atoms with van der Waals surface area (Å²) in [5.74, 6) is 0.0774. The number of ether oxygens (including phenoxy) is 2. The summed E-state index contributed by atoms with van der Waals surface area (Å²) in [6.45, 7) is 0. The lowest BCUT2D eigenvalue weighted by molar-refractivity contribution is -0.134. The molecule has 1 atom stereocenters. The Hall–Kier alpha value is -1.63. The summed E-state index contributed by atoms with van der Waals surface area (Å²) >= 11 is 16.8. The number of aromatic hydroxyl groups is 2. The highest BCUT2D eigenvalue weighted by atomic mass is 79.9. The van der Waals surface area contributed by atoms with Crippen LogP contribution in [0.5, 0.6) is 17.2 Å². The van der Waals surface area contributed by atoms with Gasteiger partial charge in [0, 0.05) is 5.57 Å². The van der Waals surface area contributed by atoms with Crippen LogP contribution in [-0.4, -0.2) is 28.4 Å². The van der Waals surface area contributed by atoms with Crippen LogP contribution in [0.3, 0.4) is 0 Å². The number of cyclic esters (lactones) is 1. The van der Waals surface area contributed by atoms with E-state index in [2.05, 4.69) is 79.6 Å². The van der Waals surface area contributed by atoms with Crippen LogP contribution in [0.15, 0.2) is 76.2 Å². The normalized spacial score (nSPS) is 15.4. The van der Waals surface area contributed by atoms with E-state index in [0.29, 0.717) is 50.4 Å². The van der Waals surface area contributed by atoms with Crippen LogP contribution in [0.2, 0.25) is 0 Å². The third-order valence-electron chi connectivity index (χ3n) is 5.33. The van der Waals surface area contributed by atoms with Crippen LogP contribution < -0.4 is 4.74 Å². The topological polar surface area (TPSA) is 96.2 Å². The Bertz CT molecular complexity index is 1420. The van der Waals surface area contributed by atoms with E-state index in [1.54, 1.807) is 42.5 Å². The van der Waals surface area contributed by atoms with Gasteiger partial charge in [-0.1, -0.05) is 6.07 Å². The largest absolute Gasteiger partial charge is 0.507 e. The highest BCUT2D eigenvalue weighted by molar-refractivity contribution is 9.11. The van der Waals surface area contributed by atoms with Crippen molar-refractivity contribution in [2.75, 3.05) is 7.11 Å². The molecule has 186 valence electrons. The molecule has 1 heterocycles. The van der Waals surface area contributed by atoms with E-state index in [1.165, 1.54) is 13.2 Å². The molecular weight excluding hydrogens is 796 g/mol. The zero-order chi connectivity index (χ0) is 26.3. The first kappa shape index (κ1) is 27.4. The smallest absolute Gasteiger partial charge is 0.343 e. The Balaban J connectivity index is 1.94. The second-order valence-electron chi connectivity index (χ2n) is 7.61. The molecule has 0 fully saturated rings. The number of rotatable bonds is 5. The van der Waals surface area contributed by atoms with Crippen molar-refractivity contribution in [3.05, 3.63) is 92.9 Å². The second-order valence-corrected chi connectivity index (χ2v) is 11.9. The number of hydrogen-bond acceptors (Lipinski definition) is 6. The average Bonchev–Trinajstić information content (AvgIpc) is 3.13. The minimum atomic E-state index is -1.34. The maximum absolute atomic E-state index is 13.2. The number of phenolic OH excluding ortho intramolecular Hbond substituents is 2. The molecule has 0 spiro atoms. The van der Waals surface area contributed by atoms with Gasteiger partial charge in [0.1, 0.15) is 29.1 Å². The average molecular weight is 811 g/mol. The van der Waals surface area contributed by atoms with Crippen molar-refractivity contribution in [2.45, 2.75) is 6.10 Å². The molecule has 3 aromatic rings. The van der Waals surface area contributed by atoms with E-state index >= 15 is 0 Å². The molecule has 0 amide bonds. The fourth-order valence-corrected chi connectivity index (χ4v) is 6.82. The highest BCUT2D eigenvalue weighted by Gasteiger charge is 2.36. The maximum Gasteiger partial charge on any atom is 0.343 e. The van der Waals surface area contributed by atoms with Crippen LogP contribution in [-0.2, 0) is 9.53 Å². The third-order valence-corrected chi connectivity index (χ3v) is 8.35. The summed E-state index contributed by atoms with van der Waals surface area (Å²) in [7, 11) is 1.52. The van der Waals surface area contributed by atoms with Gasteiger partial charge in [0.05, 0.1) is 35.0 Å². The Morgan fingerprint density at radius 3 is 2.06 bits per heavy atom. The molecule has 1 unspecified atom stereocenters. The van der Waals surface area contributed by atoms with Crippen LogP contribution in [0.25, 0.3) is 11.6 Å². The fraction of sp³-hybridized carbons (Fsp3) is 0.0800. The lowest BCUT2D eigenvalue weighted by atomic mass is 9.92. The summed E-state index contributed by atoms with van der Waals surface area (Å²) in [6, 6.07) is 11.4. The first-order valence-corrected chi connectivity index (χ1v) is 14.0. The predicted octanol–water partition coefficient (Wildman–Crippen LogP) is 8.00. The lowest BCUT2D eigenvalue weighted by Crippen LogP contribution is -2.10. The zero-order valence-electron chi connectivity index (χ0n) is 18.2. The fourth-order valence-electron chi connectivity index (χ4n) is 3.67. The van der Waals surface area contributed by atoms with Gasteiger partial charge in [0.15, 0.2) is 0 Å². The van der Waals surface area contributed by atoms with Gasteiger partial charge in [-0.2, -0.15) is 0 Å². The van der Waals surface area contributed by atoms with Crippen molar-refractivity contribution < 1.29 is 29.6 Å². The summed E-state index contributed by atoms with van der Waals surface area (Å²) < 4.78 is 13.5. The van der Waals surface area contributed by atoms with Crippen molar-refractivity contribution in [3.8, 4) is 17.2 Å². The Labute approximate surface area is 248 Å². The van der Waals surface area contributed by atoms with E-state index in [0.717, 1.165) is 0 Å². The number of phenols is 2. The lowest BCUT2D eigenvalue weighted by Gasteiger charge is -2.15. The number of esters is 1. The van der Waals surface area contributed by atoms with Crippen LogP contribution in [0.4, 0.5) is 0 Å². The molecule has 4 rings (SSSR count). The predicted molar refractivity (Wildman–Crippen MR) is 154 cm³/mol. The van der Waals surface area contributed by atoms with Crippen LogP contribution >= 0.6 is 79.6 Å². The quantitative estimate of drug-likeness (QED) is 0.226. The third kappa shape index (κ3) is 5.32. The van der Waals surface area contributed by atoms with Crippen molar-refractivity contribution in [1.82, 2.24) is 0 Å². The number of carbonyl (C=O) groups is 1. The highest BCUT2D eigenvalue weighted by Crippen LogP contribution is 2.45. The number of aliphatic hydroxyl groups is 1. The molecule has 0 aromatic heterocycles. The van der Waals surface area contributed by atoms with E-state index in [1.807, 2.05) is 0 Å². The van der Waals surface area contributed by atoms with Gasteiger partial charge in [-0.05, 0) is 139 Å². The first-order valence-electron chi connectivity index (χ1n) is 10.1. The molecule has 1 aliphatic rings. The molecule has 1 aliphatic heterocycles. The first-order chi connectivity index (χ1) is 17.0. The monoisotopic (exact) mass is 806 g/mol. The molecule has 0 aliphatic carbocycles. The van der Waals surface area contributed by atoms with E-state index < -0.39 is 12.1 Å². The standard InChI is InChI=1S/C25H15Br5O6/c1-35-24-16(29)8-12(9-17(24)30)22(32)21-20(11-2-3-18(31)13(26)7-11)19(36-25(21)34)6-10-4-14(27)23(33)15(28)5-10/h2-9,22,31-33H,1H3/b19-6-. The molecule has 0 saturated heterocycles. The van der Waals surface area contributed by atoms with Crippen molar-refractivity contribution in [2.24, 2.45) is 0 Å². The minimum Gasteiger partial charge on any atom is -0.507 e. The molecule has 0 radical (unpaired) electrons. The van der Waals surface area contributed by atoms with Gasteiger partial charge in [-0.25, -0.2) is 4.79 Å². The van der Waals surface area contributed by atoms with Crippen molar-refractivity contribution in [3.63, 3.8) is 0 Å². The molecule has 0 saturated carbocycles. The summed E-state index contributed by atoms with van der Waals surface area (Å²) in [5, 5.41) is 31.5. The number of benzene rings is 3. The van der Waals surface area contributed by atoms with Crippen LogP contribution in [0, 0.1) is 0 Å². The molecular formula is C25H15Br5O6. The molecule has 36 heavy (non-hydrogen) atoms. The van der Waals surface area contributed by atoms with E-state index in [-0.39, 0.29) is 22.8 Å². The van der Waals surface area contributed by atoms with Gasteiger partial charge in [-0.3, -0.25) is 0 Å². The van der Waals surface area contributed by atoms with Crippen molar-refractivity contribution in [1.29, 1.82) is 0 Å². The summed E-state index contributed by atoms with van der Waals surface area (Å²) in [4.78, 5) is 13.2. The van der Waals surface area contributed by atoms with Gasteiger partial charge >= 0.3 is 5.97 Å². The summed E-state index contributed by atoms with van der Waals surface area (Å²) in [6.07, 6.45) is 0.283. The van der Waals surface area contributed by atoms with Crippen molar-refractivity contribution >= 4 is 97.3 Å². The van der Waals surface area contributed by atoms with Crippen LogP contribution in [0.1, 0.15) is 22.8 Å². The maximum atomic E-state index is 13.2. The Morgan fingerprint density at radius 1 is 0.889 bits per heavy atom. The Morgan fingerprint density at radius 2 is 1.50 bits per heavy atom. The van der Waals surface area contributed by atoms with Gasteiger partial charge < -0.3 is 24.8 Å². The van der Waals surface area contributed by atoms with Gasteiger partial charge in [0.25, 0.3) is 0 Å². The molecule has 6 nitrogen and oxygen atoms in total. The van der Waals surface area contributed by atoms with Gasteiger partial charge in [0.2, 0.25) is 0 Å². The SMILES string of the molecule is COc1c(Br)cc(C(O)C2=C(c3ccc(O)c(Br)c3)/C(=C/c3cc(Br)c(O)c(Br)c3)OC2=O)cc1Br. The van der Waals surface area contributed by atoms with E-state index in [9.17, 15) is 20.1 Å². The molecule has 0 bridgehead atoms. The molecule has 11 heteroatoms. The number of hydrogen-bond donors (Lipinski definition) is 3. The number of halogens is 5. The minimum absolute atomic E-state index is 0.0200. The number of methoxy groups -OCH3 is 1. The van der Waals surface area contributed by atoms with E-state index in [4.69, 9.17) is 9.47 Å². The van der Waals surface area contributed by atoms with Gasteiger partial charge in [-0.15, -0.1) is 0 Å². The zero-order valence-corrected chi connectivity index (χ0v) is 26.1.